The van der Waals surface area contributed by atoms with Crippen LogP contribution >= 0.6 is 11.6 Å². The zero-order valence-corrected chi connectivity index (χ0v) is 10.0. The molecule has 1 atom stereocenters. The van der Waals surface area contributed by atoms with E-state index in [9.17, 15) is 12.8 Å². The van der Waals surface area contributed by atoms with Gasteiger partial charge in [-0.1, -0.05) is 11.6 Å². The van der Waals surface area contributed by atoms with Crippen LogP contribution in [0, 0.1) is 5.82 Å². The van der Waals surface area contributed by atoms with E-state index >= 15 is 0 Å². The molecule has 0 aromatic heterocycles. The lowest BCUT2D eigenvalue weighted by molar-refractivity contribution is 0.296. The SMILES string of the molecule is CC(CO)S(=O)(=O)Nc1ccc(Cl)cc1F. The third-order valence-electron chi connectivity index (χ3n) is 1.97. The number of benzene rings is 1. The molecule has 0 amide bonds. The fraction of sp³-hybridized carbons (Fsp3) is 0.333. The zero-order chi connectivity index (χ0) is 12.3. The molecule has 16 heavy (non-hydrogen) atoms. The van der Waals surface area contributed by atoms with Crippen molar-refractivity contribution < 1.29 is 17.9 Å². The van der Waals surface area contributed by atoms with Crippen LogP contribution in [0.25, 0.3) is 0 Å². The second-order valence-corrected chi connectivity index (χ2v) is 5.80. The van der Waals surface area contributed by atoms with Crippen molar-refractivity contribution in [3.8, 4) is 0 Å². The summed E-state index contributed by atoms with van der Waals surface area (Å²) in [4.78, 5) is 0. The number of aliphatic hydroxyl groups is 1. The molecule has 1 rings (SSSR count). The maximum atomic E-state index is 13.3. The quantitative estimate of drug-likeness (QED) is 0.871. The zero-order valence-electron chi connectivity index (χ0n) is 8.44. The molecule has 0 saturated carbocycles. The van der Waals surface area contributed by atoms with Crippen molar-refractivity contribution in [3.63, 3.8) is 0 Å². The molecule has 1 aromatic rings. The number of sulfonamides is 1. The van der Waals surface area contributed by atoms with Crippen LogP contribution in [0.15, 0.2) is 18.2 Å². The van der Waals surface area contributed by atoms with E-state index in [0.717, 1.165) is 6.07 Å². The smallest absolute Gasteiger partial charge is 0.237 e. The van der Waals surface area contributed by atoms with Gasteiger partial charge in [-0.25, -0.2) is 12.8 Å². The summed E-state index contributed by atoms with van der Waals surface area (Å²) in [7, 11) is -3.78. The molecule has 90 valence electrons. The number of rotatable bonds is 4. The van der Waals surface area contributed by atoms with Crippen LogP contribution in [0.5, 0.6) is 0 Å². The molecule has 0 saturated heterocycles. The van der Waals surface area contributed by atoms with Crippen molar-refractivity contribution in [2.24, 2.45) is 0 Å². The fourth-order valence-corrected chi connectivity index (χ4v) is 1.95. The van der Waals surface area contributed by atoms with Crippen LogP contribution in [-0.2, 0) is 10.0 Å². The first-order valence-electron chi connectivity index (χ1n) is 4.44. The van der Waals surface area contributed by atoms with Gasteiger partial charge in [0.25, 0.3) is 0 Å². The highest BCUT2D eigenvalue weighted by atomic mass is 35.5. The van der Waals surface area contributed by atoms with E-state index < -0.39 is 27.7 Å². The summed E-state index contributed by atoms with van der Waals surface area (Å²) in [5.41, 5.74) is -0.190. The number of anilines is 1. The van der Waals surface area contributed by atoms with Gasteiger partial charge in [-0.05, 0) is 25.1 Å². The number of nitrogens with one attached hydrogen (secondary N) is 1. The summed E-state index contributed by atoms with van der Waals surface area (Å²) in [5.74, 6) is -0.763. The average Bonchev–Trinajstić information content (AvgIpc) is 2.21. The predicted molar refractivity (Wildman–Crippen MR) is 60.5 cm³/mol. The van der Waals surface area contributed by atoms with Crippen LogP contribution < -0.4 is 4.72 Å². The summed E-state index contributed by atoms with van der Waals surface area (Å²) >= 11 is 5.52. The van der Waals surface area contributed by atoms with Crippen molar-refractivity contribution in [2.45, 2.75) is 12.2 Å². The Bertz CT molecular complexity index is 478. The molecule has 0 spiro atoms. The van der Waals surface area contributed by atoms with Crippen molar-refractivity contribution in [2.75, 3.05) is 11.3 Å². The van der Waals surface area contributed by atoms with Crippen LogP contribution in [0.3, 0.4) is 0 Å². The minimum absolute atomic E-state index is 0.177. The monoisotopic (exact) mass is 267 g/mol. The summed E-state index contributed by atoms with van der Waals surface area (Å²) in [5, 5.41) is 7.89. The first kappa shape index (κ1) is 13.2. The van der Waals surface area contributed by atoms with Gasteiger partial charge in [0.05, 0.1) is 12.3 Å². The van der Waals surface area contributed by atoms with Gasteiger partial charge in [-0.3, -0.25) is 4.72 Å². The largest absolute Gasteiger partial charge is 0.395 e. The average molecular weight is 268 g/mol. The topological polar surface area (TPSA) is 66.4 Å². The highest BCUT2D eigenvalue weighted by Crippen LogP contribution is 2.20. The number of hydrogen-bond acceptors (Lipinski definition) is 3. The Morgan fingerprint density at radius 1 is 1.56 bits per heavy atom. The highest BCUT2D eigenvalue weighted by Gasteiger charge is 2.20. The van der Waals surface area contributed by atoms with Gasteiger partial charge in [0.15, 0.2) is 0 Å². The molecular weight excluding hydrogens is 257 g/mol. The minimum Gasteiger partial charge on any atom is -0.395 e. The molecule has 0 aliphatic heterocycles. The standard InChI is InChI=1S/C9H11ClFNO3S/c1-6(5-13)16(14,15)12-9-3-2-7(10)4-8(9)11/h2-4,6,12-13H,5H2,1H3. The molecule has 0 radical (unpaired) electrons. The lowest BCUT2D eigenvalue weighted by Gasteiger charge is -2.12. The van der Waals surface area contributed by atoms with E-state index in [-0.39, 0.29) is 10.7 Å². The van der Waals surface area contributed by atoms with Crippen molar-refractivity contribution >= 4 is 27.3 Å². The number of aliphatic hydroxyl groups excluding tert-OH is 1. The van der Waals surface area contributed by atoms with E-state index in [4.69, 9.17) is 16.7 Å². The lowest BCUT2D eigenvalue weighted by atomic mass is 10.3. The highest BCUT2D eigenvalue weighted by molar-refractivity contribution is 7.93. The molecule has 4 nitrogen and oxygen atoms in total. The maximum absolute atomic E-state index is 13.3. The number of hydrogen-bond donors (Lipinski definition) is 2. The Morgan fingerprint density at radius 2 is 2.19 bits per heavy atom. The Labute approximate surface area is 98.1 Å². The van der Waals surface area contributed by atoms with Gasteiger partial charge in [-0.2, -0.15) is 0 Å². The molecule has 2 N–H and O–H groups in total. The Morgan fingerprint density at radius 3 is 2.69 bits per heavy atom. The van der Waals surface area contributed by atoms with E-state index in [0.29, 0.717) is 0 Å². The second-order valence-electron chi connectivity index (χ2n) is 3.26. The van der Waals surface area contributed by atoms with Crippen molar-refractivity contribution in [1.82, 2.24) is 0 Å². The van der Waals surface area contributed by atoms with E-state index in [1.165, 1.54) is 19.1 Å². The third kappa shape index (κ3) is 3.07. The summed E-state index contributed by atoms with van der Waals surface area (Å²) in [6.45, 7) is 0.778. The van der Waals surface area contributed by atoms with Crippen molar-refractivity contribution in [1.29, 1.82) is 0 Å². The van der Waals surface area contributed by atoms with Crippen LogP contribution in [0.2, 0.25) is 5.02 Å². The first-order valence-corrected chi connectivity index (χ1v) is 6.37. The van der Waals surface area contributed by atoms with Gasteiger partial charge in [-0.15, -0.1) is 0 Å². The summed E-state index contributed by atoms with van der Waals surface area (Å²) in [6.07, 6.45) is 0. The van der Waals surface area contributed by atoms with Gasteiger partial charge in [0, 0.05) is 5.02 Å². The van der Waals surface area contributed by atoms with Gasteiger partial charge < -0.3 is 5.11 Å². The third-order valence-corrected chi connectivity index (χ3v) is 3.92. The van der Waals surface area contributed by atoms with Gasteiger partial charge in [0.2, 0.25) is 10.0 Å². The first-order chi connectivity index (χ1) is 7.36. The van der Waals surface area contributed by atoms with Gasteiger partial charge >= 0.3 is 0 Å². The van der Waals surface area contributed by atoms with E-state index in [2.05, 4.69) is 0 Å². The molecule has 0 bridgehead atoms. The maximum Gasteiger partial charge on any atom is 0.237 e. The fourth-order valence-electron chi connectivity index (χ4n) is 0.924. The van der Waals surface area contributed by atoms with Crippen LogP contribution in [0.4, 0.5) is 10.1 Å². The summed E-state index contributed by atoms with van der Waals surface area (Å²) < 4.78 is 38.3. The molecule has 1 aromatic carbocycles. The lowest BCUT2D eigenvalue weighted by Crippen LogP contribution is -2.28. The predicted octanol–water partition coefficient (Wildman–Crippen LogP) is 1.60. The molecule has 0 fully saturated rings. The second kappa shape index (κ2) is 4.99. The van der Waals surface area contributed by atoms with Gasteiger partial charge in [0.1, 0.15) is 11.1 Å². The van der Waals surface area contributed by atoms with E-state index in [1.54, 1.807) is 0 Å². The molecule has 7 heteroatoms. The Hall–Kier alpha value is -0.850. The Kier molecular flexibility index (Phi) is 4.12. The molecular formula is C9H11ClFNO3S. The molecule has 0 aliphatic carbocycles. The number of halogens is 2. The minimum atomic E-state index is -3.78. The van der Waals surface area contributed by atoms with E-state index in [1.807, 2.05) is 4.72 Å². The van der Waals surface area contributed by atoms with Crippen LogP contribution in [-0.4, -0.2) is 25.4 Å². The normalized spacial score (nSPS) is 13.5. The summed E-state index contributed by atoms with van der Waals surface area (Å²) in [6, 6.07) is 3.59. The Balaban J connectivity index is 2.97. The van der Waals surface area contributed by atoms with Crippen LogP contribution in [0.1, 0.15) is 6.92 Å². The van der Waals surface area contributed by atoms with Crippen molar-refractivity contribution in [3.05, 3.63) is 29.0 Å². The molecule has 0 heterocycles. The molecule has 1 unspecified atom stereocenters. The molecule has 0 aliphatic rings.